The number of hydrogen-bond acceptors (Lipinski definition) is 4. The summed E-state index contributed by atoms with van der Waals surface area (Å²) in [6.45, 7) is 4.79. The second kappa shape index (κ2) is 3.51. The molecule has 2 heterocycles. The summed E-state index contributed by atoms with van der Waals surface area (Å²) in [6.07, 6.45) is 1.75. The summed E-state index contributed by atoms with van der Waals surface area (Å²) >= 11 is 1.48. The quantitative estimate of drug-likeness (QED) is 0.794. The van der Waals surface area contributed by atoms with E-state index in [9.17, 15) is 0 Å². The van der Waals surface area contributed by atoms with Gasteiger partial charge in [0.2, 0.25) is 0 Å². The van der Waals surface area contributed by atoms with Gasteiger partial charge >= 0.3 is 0 Å². The number of anilines is 1. The molecule has 1 aromatic heterocycles. The second-order valence-electron chi connectivity index (χ2n) is 4.12. The topological polar surface area (TPSA) is 59.0 Å². The maximum atomic E-state index is 9.04. The maximum Gasteiger partial charge on any atom is 0.104 e. The van der Waals surface area contributed by atoms with E-state index < -0.39 is 0 Å². The van der Waals surface area contributed by atoms with E-state index in [1.165, 1.54) is 11.3 Å². The van der Waals surface area contributed by atoms with Gasteiger partial charge in [-0.3, -0.25) is 0 Å². The third-order valence-electron chi connectivity index (χ3n) is 3.08. The van der Waals surface area contributed by atoms with Crippen molar-refractivity contribution < 1.29 is 4.74 Å². The lowest BCUT2D eigenvalue weighted by Crippen LogP contribution is -2.34. The summed E-state index contributed by atoms with van der Waals surface area (Å²) < 4.78 is 5.80. The standard InChI is InChI=1S/C11H14N2OS/c1-3-11(2)4-7-8(5-12)10(13)15-9(7)6-14-11/h3-4,6,13H2,1-2H3/t11-/m0/s1. The summed E-state index contributed by atoms with van der Waals surface area (Å²) in [7, 11) is 0. The monoisotopic (exact) mass is 222 g/mol. The van der Waals surface area contributed by atoms with Gasteiger partial charge in [0.25, 0.3) is 0 Å². The molecule has 0 amide bonds. The van der Waals surface area contributed by atoms with Gasteiger partial charge in [-0.1, -0.05) is 6.92 Å². The second-order valence-corrected chi connectivity index (χ2v) is 5.26. The molecule has 1 aliphatic heterocycles. The highest BCUT2D eigenvalue weighted by Gasteiger charge is 2.32. The van der Waals surface area contributed by atoms with Crippen LogP contribution < -0.4 is 5.73 Å². The molecule has 0 unspecified atom stereocenters. The van der Waals surface area contributed by atoms with Gasteiger partial charge < -0.3 is 10.5 Å². The zero-order chi connectivity index (χ0) is 11.1. The van der Waals surface area contributed by atoms with E-state index in [0.717, 1.165) is 23.3 Å². The molecule has 0 saturated carbocycles. The van der Waals surface area contributed by atoms with Gasteiger partial charge in [0.15, 0.2) is 0 Å². The molecular formula is C11H14N2OS. The van der Waals surface area contributed by atoms with Crippen molar-refractivity contribution in [3.63, 3.8) is 0 Å². The fourth-order valence-electron chi connectivity index (χ4n) is 1.85. The first kappa shape index (κ1) is 10.5. The Morgan fingerprint density at radius 2 is 2.40 bits per heavy atom. The lowest BCUT2D eigenvalue weighted by atomic mass is 9.90. The first-order valence-corrected chi connectivity index (χ1v) is 5.85. The van der Waals surface area contributed by atoms with Gasteiger partial charge in [0.05, 0.1) is 17.8 Å². The number of fused-ring (bicyclic) bond motifs is 1. The molecule has 0 aliphatic carbocycles. The fraction of sp³-hybridized carbons (Fsp3) is 0.545. The van der Waals surface area contributed by atoms with E-state index in [1.54, 1.807) is 0 Å². The molecule has 0 saturated heterocycles. The number of nitriles is 1. The van der Waals surface area contributed by atoms with E-state index in [2.05, 4.69) is 19.9 Å². The van der Waals surface area contributed by atoms with Crippen molar-refractivity contribution in [1.29, 1.82) is 5.26 Å². The molecule has 3 nitrogen and oxygen atoms in total. The first-order chi connectivity index (χ1) is 7.09. The molecule has 15 heavy (non-hydrogen) atoms. The number of nitrogens with zero attached hydrogens (tertiary/aromatic N) is 1. The fourth-order valence-corrected chi connectivity index (χ4v) is 2.80. The molecule has 0 aromatic carbocycles. The van der Waals surface area contributed by atoms with E-state index in [0.29, 0.717) is 17.2 Å². The van der Waals surface area contributed by atoms with Crippen molar-refractivity contribution in [2.24, 2.45) is 0 Å². The lowest BCUT2D eigenvalue weighted by Gasteiger charge is -2.32. The van der Waals surface area contributed by atoms with Crippen LogP contribution in [0.5, 0.6) is 0 Å². The van der Waals surface area contributed by atoms with E-state index in [-0.39, 0.29) is 5.60 Å². The molecule has 0 fully saturated rings. The van der Waals surface area contributed by atoms with Crippen LogP contribution in [0.15, 0.2) is 0 Å². The Labute approximate surface area is 93.5 Å². The average molecular weight is 222 g/mol. The van der Waals surface area contributed by atoms with Crippen molar-refractivity contribution in [2.45, 2.75) is 38.9 Å². The largest absolute Gasteiger partial charge is 0.389 e. The van der Waals surface area contributed by atoms with E-state index in [1.807, 2.05) is 0 Å². The molecular weight excluding hydrogens is 208 g/mol. The zero-order valence-corrected chi connectivity index (χ0v) is 9.78. The summed E-state index contributed by atoms with van der Waals surface area (Å²) in [5.41, 5.74) is 7.44. The van der Waals surface area contributed by atoms with Crippen LogP contribution in [0.1, 0.15) is 36.3 Å². The van der Waals surface area contributed by atoms with Crippen molar-refractivity contribution in [2.75, 3.05) is 5.73 Å². The van der Waals surface area contributed by atoms with Crippen LogP contribution in [0.2, 0.25) is 0 Å². The van der Waals surface area contributed by atoms with Gasteiger partial charge in [0, 0.05) is 11.3 Å². The van der Waals surface area contributed by atoms with Gasteiger partial charge in [0.1, 0.15) is 11.1 Å². The van der Waals surface area contributed by atoms with Gasteiger partial charge in [-0.2, -0.15) is 5.26 Å². The van der Waals surface area contributed by atoms with E-state index in [4.69, 9.17) is 15.7 Å². The van der Waals surface area contributed by atoms with Crippen LogP contribution in [0.4, 0.5) is 5.00 Å². The minimum absolute atomic E-state index is 0.133. The van der Waals surface area contributed by atoms with Crippen LogP contribution in [-0.4, -0.2) is 5.60 Å². The molecule has 0 bridgehead atoms. The van der Waals surface area contributed by atoms with Gasteiger partial charge in [-0.25, -0.2) is 0 Å². The molecule has 1 aromatic rings. The highest BCUT2D eigenvalue weighted by atomic mass is 32.1. The maximum absolute atomic E-state index is 9.04. The molecule has 4 heteroatoms. The molecule has 1 atom stereocenters. The smallest absolute Gasteiger partial charge is 0.104 e. The Hall–Kier alpha value is -1.05. The molecule has 0 radical (unpaired) electrons. The van der Waals surface area contributed by atoms with Crippen LogP contribution in [0, 0.1) is 11.3 Å². The van der Waals surface area contributed by atoms with Gasteiger partial charge in [-0.15, -0.1) is 11.3 Å². The summed E-state index contributed by atoms with van der Waals surface area (Å²) in [5.74, 6) is 0. The van der Waals surface area contributed by atoms with Crippen LogP contribution in [0.3, 0.4) is 0 Å². The van der Waals surface area contributed by atoms with E-state index >= 15 is 0 Å². The number of thiophene rings is 1. The number of hydrogen-bond donors (Lipinski definition) is 1. The van der Waals surface area contributed by atoms with Crippen molar-refractivity contribution in [3.05, 3.63) is 16.0 Å². The first-order valence-electron chi connectivity index (χ1n) is 5.03. The third-order valence-corrected chi connectivity index (χ3v) is 4.11. The molecule has 80 valence electrons. The Morgan fingerprint density at radius 1 is 1.67 bits per heavy atom. The lowest BCUT2D eigenvalue weighted by molar-refractivity contribution is -0.0547. The molecule has 2 N–H and O–H groups in total. The minimum atomic E-state index is -0.133. The van der Waals surface area contributed by atoms with Crippen molar-refractivity contribution in [3.8, 4) is 6.07 Å². The van der Waals surface area contributed by atoms with Crippen LogP contribution in [-0.2, 0) is 17.8 Å². The Morgan fingerprint density at radius 3 is 3.00 bits per heavy atom. The van der Waals surface area contributed by atoms with Crippen molar-refractivity contribution >= 4 is 16.3 Å². The number of nitrogens with two attached hydrogens (primary N) is 1. The molecule has 1 aliphatic rings. The SMILES string of the molecule is CC[C@@]1(C)Cc2c(sc(N)c2C#N)CO1. The average Bonchev–Trinajstić information content (AvgIpc) is 2.53. The summed E-state index contributed by atoms with van der Waals surface area (Å²) in [6, 6.07) is 2.20. The van der Waals surface area contributed by atoms with Crippen LogP contribution >= 0.6 is 11.3 Å². The van der Waals surface area contributed by atoms with Gasteiger partial charge in [-0.05, 0) is 18.9 Å². The summed E-state index contributed by atoms with van der Waals surface area (Å²) in [4.78, 5) is 1.12. The third kappa shape index (κ3) is 1.62. The molecule has 2 rings (SSSR count). The Kier molecular flexibility index (Phi) is 2.45. The van der Waals surface area contributed by atoms with Crippen LogP contribution in [0.25, 0.3) is 0 Å². The number of ether oxygens (including phenoxy) is 1. The zero-order valence-electron chi connectivity index (χ0n) is 8.96. The number of rotatable bonds is 1. The number of nitrogen functional groups attached to an aromatic ring is 1. The summed E-state index contributed by atoms with van der Waals surface area (Å²) in [5, 5.41) is 9.67. The van der Waals surface area contributed by atoms with Crippen molar-refractivity contribution in [1.82, 2.24) is 0 Å². The Bertz CT molecular complexity index is 433. The predicted molar refractivity (Wildman–Crippen MR) is 60.6 cm³/mol. The normalized spacial score (nSPS) is 24.6. The molecule has 0 spiro atoms. The Balaban J connectivity index is 2.45. The highest BCUT2D eigenvalue weighted by molar-refractivity contribution is 7.16. The predicted octanol–water partition coefficient (Wildman–Crippen LogP) is 2.44. The minimum Gasteiger partial charge on any atom is -0.389 e. The highest BCUT2D eigenvalue weighted by Crippen LogP contribution is 2.39.